The van der Waals surface area contributed by atoms with Crippen molar-refractivity contribution in [3.8, 4) is 0 Å². The Labute approximate surface area is 102 Å². The van der Waals surface area contributed by atoms with E-state index in [0.29, 0.717) is 12.3 Å². The Morgan fingerprint density at radius 2 is 1.81 bits per heavy atom. The standard InChI is InChI=1S/C12H17NO2.ClH/c1-8(2)10-5-3-9(4-6-10)7-11(13)12(14)15;/h3-6,8,11H,7,13H2,1-2H3,(H,14,15);1H. The lowest BCUT2D eigenvalue weighted by atomic mass is 9.99. The highest BCUT2D eigenvalue weighted by atomic mass is 35.5. The van der Waals surface area contributed by atoms with Gasteiger partial charge in [0, 0.05) is 0 Å². The van der Waals surface area contributed by atoms with E-state index >= 15 is 0 Å². The molecule has 90 valence electrons. The summed E-state index contributed by atoms with van der Waals surface area (Å²) >= 11 is 0. The molecule has 16 heavy (non-hydrogen) atoms. The summed E-state index contributed by atoms with van der Waals surface area (Å²) in [6.45, 7) is 4.25. The smallest absolute Gasteiger partial charge is 0.320 e. The van der Waals surface area contributed by atoms with Crippen LogP contribution in [0.5, 0.6) is 0 Å². The van der Waals surface area contributed by atoms with Gasteiger partial charge in [-0.25, -0.2) is 0 Å². The number of carbonyl (C=O) groups is 1. The molecule has 1 aromatic carbocycles. The molecule has 0 amide bonds. The van der Waals surface area contributed by atoms with Gasteiger partial charge in [-0.1, -0.05) is 38.1 Å². The Morgan fingerprint density at radius 3 is 2.19 bits per heavy atom. The zero-order chi connectivity index (χ0) is 11.4. The largest absolute Gasteiger partial charge is 0.480 e. The zero-order valence-corrected chi connectivity index (χ0v) is 10.3. The first-order chi connectivity index (χ1) is 7.00. The minimum atomic E-state index is -0.956. The molecule has 0 aliphatic rings. The first kappa shape index (κ1) is 14.9. The topological polar surface area (TPSA) is 63.3 Å². The molecule has 0 saturated heterocycles. The molecule has 4 heteroatoms. The van der Waals surface area contributed by atoms with Gasteiger partial charge in [0.05, 0.1) is 0 Å². The van der Waals surface area contributed by atoms with Crippen LogP contribution in [0.3, 0.4) is 0 Å². The summed E-state index contributed by atoms with van der Waals surface area (Å²) < 4.78 is 0. The molecule has 0 aliphatic carbocycles. The fraction of sp³-hybridized carbons (Fsp3) is 0.417. The fourth-order valence-electron chi connectivity index (χ4n) is 1.38. The van der Waals surface area contributed by atoms with E-state index in [1.165, 1.54) is 5.56 Å². The van der Waals surface area contributed by atoms with Crippen LogP contribution in [0.1, 0.15) is 30.9 Å². The lowest BCUT2D eigenvalue weighted by molar-refractivity contribution is -0.138. The van der Waals surface area contributed by atoms with E-state index < -0.39 is 12.0 Å². The fourth-order valence-corrected chi connectivity index (χ4v) is 1.38. The van der Waals surface area contributed by atoms with Gasteiger partial charge in [0.25, 0.3) is 0 Å². The van der Waals surface area contributed by atoms with Gasteiger partial charge in [0.15, 0.2) is 0 Å². The number of halogens is 1. The van der Waals surface area contributed by atoms with Crippen LogP contribution in [0.4, 0.5) is 0 Å². The van der Waals surface area contributed by atoms with Crippen LogP contribution in [0, 0.1) is 0 Å². The van der Waals surface area contributed by atoms with Crippen LogP contribution in [-0.4, -0.2) is 17.1 Å². The number of benzene rings is 1. The molecule has 0 radical (unpaired) electrons. The third-order valence-electron chi connectivity index (χ3n) is 2.42. The molecule has 3 nitrogen and oxygen atoms in total. The van der Waals surface area contributed by atoms with E-state index in [0.717, 1.165) is 5.56 Å². The van der Waals surface area contributed by atoms with Crippen molar-refractivity contribution in [2.45, 2.75) is 32.2 Å². The minimum absolute atomic E-state index is 0. The van der Waals surface area contributed by atoms with Gasteiger partial charge in [-0.15, -0.1) is 12.4 Å². The predicted molar refractivity (Wildman–Crippen MR) is 67.1 cm³/mol. The second-order valence-electron chi connectivity index (χ2n) is 4.05. The molecule has 0 aliphatic heterocycles. The van der Waals surface area contributed by atoms with Crippen molar-refractivity contribution >= 4 is 18.4 Å². The summed E-state index contributed by atoms with van der Waals surface area (Å²) in [6, 6.07) is 7.12. The van der Waals surface area contributed by atoms with Crippen molar-refractivity contribution in [2.24, 2.45) is 5.73 Å². The van der Waals surface area contributed by atoms with Gasteiger partial charge in [0.2, 0.25) is 0 Å². The van der Waals surface area contributed by atoms with Crippen LogP contribution in [0.2, 0.25) is 0 Å². The summed E-state index contributed by atoms with van der Waals surface area (Å²) in [7, 11) is 0. The van der Waals surface area contributed by atoms with E-state index in [-0.39, 0.29) is 12.4 Å². The number of aliphatic carboxylic acids is 1. The van der Waals surface area contributed by atoms with Crippen molar-refractivity contribution < 1.29 is 9.90 Å². The summed E-state index contributed by atoms with van der Waals surface area (Å²) in [5, 5.41) is 8.66. The molecule has 0 heterocycles. The average Bonchev–Trinajstić information content (AvgIpc) is 2.18. The highest BCUT2D eigenvalue weighted by Crippen LogP contribution is 2.15. The third-order valence-corrected chi connectivity index (χ3v) is 2.42. The van der Waals surface area contributed by atoms with Crippen LogP contribution in [0.15, 0.2) is 24.3 Å². The van der Waals surface area contributed by atoms with E-state index in [1.54, 1.807) is 0 Å². The minimum Gasteiger partial charge on any atom is -0.480 e. The molecule has 0 aromatic heterocycles. The predicted octanol–water partition coefficient (Wildman–Crippen LogP) is 2.19. The van der Waals surface area contributed by atoms with E-state index in [2.05, 4.69) is 13.8 Å². The molecular weight excluding hydrogens is 226 g/mol. The van der Waals surface area contributed by atoms with Gasteiger partial charge in [0.1, 0.15) is 6.04 Å². The quantitative estimate of drug-likeness (QED) is 0.852. The highest BCUT2D eigenvalue weighted by Gasteiger charge is 2.11. The molecule has 3 N–H and O–H groups in total. The average molecular weight is 244 g/mol. The maximum atomic E-state index is 10.6. The van der Waals surface area contributed by atoms with Crippen molar-refractivity contribution in [1.29, 1.82) is 0 Å². The summed E-state index contributed by atoms with van der Waals surface area (Å²) in [5.41, 5.74) is 7.67. The van der Waals surface area contributed by atoms with Crippen LogP contribution in [-0.2, 0) is 11.2 Å². The lowest BCUT2D eigenvalue weighted by Crippen LogP contribution is -2.32. The first-order valence-corrected chi connectivity index (χ1v) is 5.08. The molecule has 1 aromatic rings. The molecule has 1 atom stereocenters. The number of nitrogens with two attached hydrogens (primary N) is 1. The molecule has 0 spiro atoms. The Morgan fingerprint density at radius 1 is 1.31 bits per heavy atom. The Kier molecular flexibility index (Phi) is 6.08. The maximum Gasteiger partial charge on any atom is 0.320 e. The summed E-state index contributed by atoms with van der Waals surface area (Å²) in [5.74, 6) is -0.463. The Hall–Kier alpha value is -1.06. The molecule has 0 bridgehead atoms. The summed E-state index contributed by atoms with van der Waals surface area (Å²) in [4.78, 5) is 10.6. The van der Waals surface area contributed by atoms with E-state index in [4.69, 9.17) is 10.8 Å². The SMILES string of the molecule is CC(C)c1ccc(CC(N)C(=O)O)cc1.Cl. The van der Waals surface area contributed by atoms with Crippen LogP contribution in [0.25, 0.3) is 0 Å². The summed E-state index contributed by atoms with van der Waals surface area (Å²) in [6.07, 6.45) is 0.383. The van der Waals surface area contributed by atoms with Gasteiger partial charge in [-0.2, -0.15) is 0 Å². The van der Waals surface area contributed by atoms with Crippen molar-refractivity contribution in [1.82, 2.24) is 0 Å². The number of rotatable bonds is 4. The molecule has 1 rings (SSSR count). The van der Waals surface area contributed by atoms with E-state index in [9.17, 15) is 4.79 Å². The van der Waals surface area contributed by atoms with Crippen molar-refractivity contribution in [3.63, 3.8) is 0 Å². The van der Waals surface area contributed by atoms with Gasteiger partial charge in [-0.3, -0.25) is 4.79 Å². The van der Waals surface area contributed by atoms with Crippen molar-refractivity contribution in [2.75, 3.05) is 0 Å². The highest BCUT2D eigenvalue weighted by molar-refractivity contribution is 5.85. The van der Waals surface area contributed by atoms with Crippen LogP contribution < -0.4 is 5.73 Å². The second kappa shape index (κ2) is 6.51. The van der Waals surface area contributed by atoms with Gasteiger partial charge < -0.3 is 10.8 Å². The zero-order valence-electron chi connectivity index (χ0n) is 9.51. The van der Waals surface area contributed by atoms with Crippen LogP contribution >= 0.6 is 12.4 Å². The van der Waals surface area contributed by atoms with Gasteiger partial charge >= 0.3 is 5.97 Å². The second-order valence-corrected chi connectivity index (χ2v) is 4.05. The number of hydrogen-bond acceptors (Lipinski definition) is 2. The normalized spacial score (nSPS) is 12.0. The van der Waals surface area contributed by atoms with Crippen molar-refractivity contribution in [3.05, 3.63) is 35.4 Å². The Bertz CT molecular complexity index is 335. The maximum absolute atomic E-state index is 10.6. The first-order valence-electron chi connectivity index (χ1n) is 5.08. The Balaban J connectivity index is 0.00000225. The lowest BCUT2D eigenvalue weighted by Gasteiger charge is -2.09. The number of carboxylic acids is 1. The molecular formula is C12H18ClNO2. The monoisotopic (exact) mass is 243 g/mol. The number of hydrogen-bond donors (Lipinski definition) is 2. The van der Waals surface area contributed by atoms with Gasteiger partial charge in [-0.05, 0) is 23.5 Å². The molecule has 1 unspecified atom stereocenters. The van der Waals surface area contributed by atoms with E-state index in [1.807, 2.05) is 24.3 Å². The number of carboxylic acid groups (broad SMARTS) is 1. The molecule has 0 fully saturated rings. The molecule has 0 saturated carbocycles. The third kappa shape index (κ3) is 4.21.